The molecule has 2 aromatic carbocycles. The number of aliphatic carboxylic acids is 1. The highest BCUT2D eigenvalue weighted by Crippen LogP contribution is 2.46. The van der Waals surface area contributed by atoms with E-state index in [4.69, 9.17) is 9.47 Å². The minimum absolute atomic E-state index is 0.113. The van der Waals surface area contributed by atoms with E-state index in [0.717, 1.165) is 6.08 Å². The van der Waals surface area contributed by atoms with Gasteiger partial charge in [0.05, 0.1) is 0 Å². The number of alkyl halides is 3. The molecule has 0 aliphatic carbocycles. The Labute approximate surface area is 141 Å². The molecular formula is C18H13F3O4. The number of hydrogen-bond donors (Lipinski definition) is 1. The van der Waals surface area contributed by atoms with Gasteiger partial charge < -0.3 is 14.6 Å². The van der Waals surface area contributed by atoms with Gasteiger partial charge in [0.15, 0.2) is 0 Å². The molecule has 1 N–H and O–H groups in total. The van der Waals surface area contributed by atoms with Crippen LogP contribution >= 0.6 is 0 Å². The zero-order chi connectivity index (χ0) is 18.2. The van der Waals surface area contributed by atoms with Gasteiger partial charge in [-0.05, 0) is 36.8 Å². The van der Waals surface area contributed by atoms with Crippen molar-refractivity contribution < 1.29 is 32.5 Å². The number of hydrogen-bond acceptors (Lipinski definition) is 3. The average Bonchev–Trinajstić information content (AvgIpc) is 2.53. The lowest BCUT2D eigenvalue weighted by Gasteiger charge is -2.38. The third-order valence-electron chi connectivity index (χ3n) is 3.68. The summed E-state index contributed by atoms with van der Waals surface area (Å²) in [5, 5.41) is 9.37. The van der Waals surface area contributed by atoms with Crippen LogP contribution in [0.15, 0.2) is 54.1 Å². The lowest BCUT2D eigenvalue weighted by Crippen LogP contribution is -2.59. The van der Waals surface area contributed by atoms with Crippen molar-refractivity contribution in [2.45, 2.75) is 18.9 Å². The summed E-state index contributed by atoms with van der Waals surface area (Å²) in [6.45, 7) is 1.68. The second-order valence-corrected chi connectivity index (χ2v) is 5.54. The number of carbonyl (C=O) groups is 1. The number of rotatable bonds is 3. The monoisotopic (exact) mass is 350 g/mol. The Kier molecular flexibility index (Phi) is 3.94. The molecule has 1 heterocycles. The van der Waals surface area contributed by atoms with Gasteiger partial charge in [-0.1, -0.05) is 30.3 Å². The van der Waals surface area contributed by atoms with Crippen molar-refractivity contribution in [3.05, 3.63) is 65.2 Å². The maximum atomic E-state index is 13.9. The highest BCUT2D eigenvalue weighted by atomic mass is 19.4. The fourth-order valence-corrected chi connectivity index (χ4v) is 2.54. The molecule has 1 aliphatic heterocycles. The van der Waals surface area contributed by atoms with E-state index in [-0.39, 0.29) is 17.1 Å². The van der Waals surface area contributed by atoms with E-state index in [2.05, 4.69) is 0 Å². The summed E-state index contributed by atoms with van der Waals surface area (Å²) in [6.07, 6.45) is -4.21. The smallest absolute Gasteiger partial charge is 0.473 e. The van der Waals surface area contributed by atoms with Crippen LogP contribution in [0, 0.1) is 6.92 Å². The third-order valence-corrected chi connectivity index (χ3v) is 3.68. The normalized spacial score (nSPS) is 19.4. The van der Waals surface area contributed by atoms with Crippen molar-refractivity contribution in [3.8, 4) is 11.5 Å². The number of ether oxygens (including phenoxy) is 2. The van der Waals surface area contributed by atoms with E-state index in [1.165, 1.54) is 36.4 Å². The number of benzene rings is 2. The molecule has 1 atom stereocenters. The van der Waals surface area contributed by atoms with Crippen molar-refractivity contribution >= 4 is 12.0 Å². The number of fused-ring (bicyclic) bond motifs is 1. The molecule has 130 valence electrons. The number of halogens is 3. The Morgan fingerprint density at radius 1 is 1.16 bits per heavy atom. The van der Waals surface area contributed by atoms with Gasteiger partial charge in [0, 0.05) is 5.56 Å². The Balaban J connectivity index is 2.19. The molecule has 2 aromatic rings. The summed E-state index contributed by atoms with van der Waals surface area (Å²) in [6, 6.07) is 11.7. The van der Waals surface area contributed by atoms with Gasteiger partial charge in [0.2, 0.25) is 0 Å². The van der Waals surface area contributed by atoms with Crippen LogP contribution in [0.5, 0.6) is 11.5 Å². The third kappa shape index (κ3) is 2.93. The van der Waals surface area contributed by atoms with Crippen LogP contribution in [0.4, 0.5) is 13.2 Å². The van der Waals surface area contributed by atoms with Crippen LogP contribution in [0.1, 0.15) is 11.1 Å². The summed E-state index contributed by atoms with van der Waals surface area (Å²) in [5.41, 5.74) is -0.153. The Bertz CT molecular complexity index is 857. The van der Waals surface area contributed by atoms with Crippen LogP contribution in [0.25, 0.3) is 6.08 Å². The molecule has 0 saturated carbocycles. The zero-order valence-electron chi connectivity index (χ0n) is 13.0. The highest BCUT2D eigenvalue weighted by Gasteiger charge is 2.66. The predicted octanol–water partition coefficient (Wildman–Crippen LogP) is 4.19. The minimum Gasteiger partial charge on any atom is -0.478 e. The molecule has 0 fully saturated rings. The molecule has 1 aliphatic rings. The van der Waals surface area contributed by atoms with Gasteiger partial charge in [0.25, 0.3) is 0 Å². The van der Waals surface area contributed by atoms with E-state index < -0.39 is 23.5 Å². The molecule has 3 rings (SSSR count). The van der Waals surface area contributed by atoms with Crippen molar-refractivity contribution in [2.24, 2.45) is 0 Å². The molecule has 1 unspecified atom stereocenters. The van der Waals surface area contributed by atoms with Gasteiger partial charge in [0.1, 0.15) is 17.1 Å². The largest absolute Gasteiger partial charge is 0.478 e. The quantitative estimate of drug-likeness (QED) is 0.902. The number of aryl methyl sites for hydroxylation is 1. The molecule has 0 radical (unpaired) electrons. The first-order chi connectivity index (χ1) is 11.7. The molecular weight excluding hydrogens is 337 g/mol. The van der Waals surface area contributed by atoms with Crippen LogP contribution in [0.2, 0.25) is 0 Å². The van der Waals surface area contributed by atoms with Gasteiger partial charge in [-0.2, -0.15) is 13.2 Å². The summed E-state index contributed by atoms with van der Waals surface area (Å²) in [7, 11) is 0. The summed E-state index contributed by atoms with van der Waals surface area (Å²) >= 11 is 0. The number of carboxylic acids is 1. The van der Waals surface area contributed by atoms with E-state index in [1.807, 2.05) is 0 Å². The van der Waals surface area contributed by atoms with Crippen molar-refractivity contribution in [1.29, 1.82) is 0 Å². The fourth-order valence-electron chi connectivity index (χ4n) is 2.54. The first-order valence-electron chi connectivity index (χ1n) is 7.29. The summed E-state index contributed by atoms with van der Waals surface area (Å²) < 4.78 is 52.0. The maximum absolute atomic E-state index is 13.9. The molecule has 0 bridgehead atoms. The van der Waals surface area contributed by atoms with E-state index in [9.17, 15) is 23.1 Å². The van der Waals surface area contributed by atoms with E-state index in [0.29, 0.717) is 5.56 Å². The summed E-state index contributed by atoms with van der Waals surface area (Å²) in [5.74, 6) is -5.48. The number of para-hydroxylation sites is 1. The van der Waals surface area contributed by atoms with Gasteiger partial charge in [-0.3, -0.25) is 0 Å². The van der Waals surface area contributed by atoms with Crippen LogP contribution < -0.4 is 9.47 Å². The average molecular weight is 350 g/mol. The molecule has 0 saturated heterocycles. The Morgan fingerprint density at radius 3 is 2.52 bits per heavy atom. The molecule has 7 heteroatoms. The number of carboxylic acid groups (broad SMARTS) is 1. The summed E-state index contributed by atoms with van der Waals surface area (Å²) in [4.78, 5) is 11.6. The second kappa shape index (κ2) is 5.84. The maximum Gasteiger partial charge on any atom is 0.473 e. The first kappa shape index (κ1) is 16.9. The van der Waals surface area contributed by atoms with Crippen LogP contribution in [-0.2, 0) is 4.79 Å². The lowest BCUT2D eigenvalue weighted by atomic mass is 9.97. The standard InChI is InChI=1S/C18H13F3O4/c1-11-5-4-7-13(9-11)24-17(18(19,20)21)14(16(22)23)10-12-6-2-3-8-15(12)25-17/h2-10H,1H3,(H,22,23). The van der Waals surface area contributed by atoms with Gasteiger partial charge >= 0.3 is 17.9 Å². The Hall–Kier alpha value is -2.96. The Morgan fingerprint density at radius 2 is 1.88 bits per heavy atom. The zero-order valence-corrected chi connectivity index (χ0v) is 13.0. The van der Waals surface area contributed by atoms with Crippen molar-refractivity contribution in [3.63, 3.8) is 0 Å². The van der Waals surface area contributed by atoms with Crippen molar-refractivity contribution in [2.75, 3.05) is 0 Å². The minimum atomic E-state index is -5.13. The molecule has 4 nitrogen and oxygen atoms in total. The second-order valence-electron chi connectivity index (χ2n) is 5.54. The fraction of sp³-hybridized carbons (Fsp3) is 0.167. The topological polar surface area (TPSA) is 55.8 Å². The molecule has 0 aromatic heterocycles. The van der Waals surface area contributed by atoms with Crippen LogP contribution in [0.3, 0.4) is 0 Å². The van der Waals surface area contributed by atoms with Gasteiger partial charge in [-0.15, -0.1) is 0 Å². The van der Waals surface area contributed by atoms with Crippen LogP contribution in [-0.4, -0.2) is 23.0 Å². The predicted molar refractivity (Wildman–Crippen MR) is 83.3 cm³/mol. The van der Waals surface area contributed by atoms with E-state index >= 15 is 0 Å². The van der Waals surface area contributed by atoms with E-state index in [1.54, 1.807) is 19.1 Å². The SMILES string of the molecule is Cc1cccc(OC2(C(F)(F)F)Oc3ccccc3C=C2C(=O)O)c1. The highest BCUT2D eigenvalue weighted by molar-refractivity contribution is 5.96. The lowest BCUT2D eigenvalue weighted by molar-refractivity contribution is -0.304. The molecule has 0 amide bonds. The molecule has 25 heavy (non-hydrogen) atoms. The first-order valence-corrected chi connectivity index (χ1v) is 7.29. The van der Waals surface area contributed by atoms with Gasteiger partial charge in [-0.25, -0.2) is 4.79 Å². The molecule has 0 spiro atoms. The van der Waals surface area contributed by atoms with Crippen molar-refractivity contribution in [1.82, 2.24) is 0 Å².